The number of halogens is 2. The van der Waals surface area contributed by atoms with Crippen molar-refractivity contribution in [2.24, 2.45) is 0 Å². The Morgan fingerprint density at radius 2 is 2.13 bits per heavy atom. The molecule has 7 nitrogen and oxygen atoms in total. The van der Waals surface area contributed by atoms with E-state index in [0.717, 1.165) is 35.0 Å². The SMILES string of the molecule is O=C(c1c[nH]c2nc(-c3cn[nH]c3)ccc12)N1CCC[C@@H]1c1cccc(OC(F)F)c1. The number of carbonyl (C=O) groups excluding carboxylic acids is 1. The topological polar surface area (TPSA) is 86.9 Å². The second kappa shape index (κ2) is 7.82. The lowest BCUT2D eigenvalue weighted by atomic mass is 10.0. The highest BCUT2D eigenvalue weighted by atomic mass is 19.3. The van der Waals surface area contributed by atoms with Gasteiger partial charge >= 0.3 is 6.61 Å². The Labute approximate surface area is 176 Å². The molecule has 3 aromatic heterocycles. The van der Waals surface area contributed by atoms with E-state index in [9.17, 15) is 13.6 Å². The lowest BCUT2D eigenvalue weighted by Crippen LogP contribution is -2.30. The van der Waals surface area contributed by atoms with Gasteiger partial charge in [0, 0.05) is 29.9 Å². The third kappa shape index (κ3) is 3.63. The fourth-order valence-electron chi connectivity index (χ4n) is 4.14. The molecule has 1 aliphatic rings. The number of hydrogen-bond donors (Lipinski definition) is 2. The maximum Gasteiger partial charge on any atom is 0.387 e. The highest BCUT2D eigenvalue weighted by molar-refractivity contribution is 6.06. The number of carbonyl (C=O) groups is 1. The van der Waals surface area contributed by atoms with Crippen molar-refractivity contribution in [3.05, 3.63) is 66.1 Å². The first-order valence-electron chi connectivity index (χ1n) is 9.93. The maximum atomic E-state index is 13.4. The van der Waals surface area contributed by atoms with Gasteiger partial charge in [-0.15, -0.1) is 0 Å². The van der Waals surface area contributed by atoms with Crippen LogP contribution in [0.15, 0.2) is 55.0 Å². The fourth-order valence-corrected chi connectivity index (χ4v) is 4.14. The smallest absolute Gasteiger partial charge is 0.387 e. The highest BCUT2D eigenvalue weighted by Gasteiger charge is 2.32. The van der Waals surface area contributed by atoms with Crippen molar-refractivity contribution in [3.63, 3.8) is 0 Å². The summed E-state index contributed by atoms with van der Waals surface area (Å²) in [5, 5.41) is 7.43. The van der Waals surface area contributed by atoms with Crippen LogP contribution in [0, 0.1) is 0 Å². The van der Waals surface area contributed by atoms with E-state index in [2.05, 4.69) is 24.9 Å². The van der Waals surface area contributed by atoms with E-state index in [1.54, 1.807) is 35.6 Å². The zero-order chi connectivity index (χ0) is 21.4. The molecule has 0 bridgehead atoms. The molecule has 4 aromatic rings. The Morgan fingerprint density at radius 3 is 2.94 bits per heavy atom. The average molecular weight is 423 g/mol. The van der Waals surface area contributed by atoms with Gasteiger partial charge in [0.05, 0.1) is 23.5 Å². The van der Waals surface area contributed by atoms with Gasteiger partial charge in [0.2, 0.25) is 0 Å². The number of alkyl halides is 2. The van der Waals surface area contributed by atoms with Crippen molar-refractivity contribution in [3.8, 4) is 17.0 Å². The quantitative estimate of drug-likeness (QED) is 0.494. The molecule has 1 saturated heterocycles. The molecular formula is C22H19F2N5O2. The van der Waals surface area contributed by atoms with Crippen LogP contribution in [-0.4, -0.2) is 44.1 Å². The Balaban J connectivity index is 1.43. The molecule has 1 fully saturated rings. The molecule has 0 aliphatic carbocycles. The van der Waals surface area contributed by atoms with E-state index in [0.29, 0.717) is 17.8 Å². The molecule has 0 saturated carbocycles. The summed E-state index contributed by atoms with van der Waals surface area (Å²) in [5.41, 5.74) is 3.54. The molecule has 1 aromatic carbocycles. The molecule has 0 unspecified atom stereocenters. The minimum Gasteiger partial charge on any atom is -0.435 e. The van der Waals surface area contributed by atoms with Crippen LogP contribution >= 0.6 is 0 Å². The average Bonchev–Trinajstić information content (AvgIpc) is 3.53. The number of H-pyrrole nitrogens is 2. The zero-order valence-corrected chi connectivity index (χ0v) is 16.4. The minimum atomic E-state index is -2.89. The van der Waals surface area contributed by atoms with E-state index >= 15 is 0 Å². The number of fused-ring (bicyclic) bond motifs is 1. The standard InChI is InChI=1S/C22H19F2N5O2/c23-22(24)31-15-4-1-3-13(9-15)19-5-2-8-29(19)21(30)17-12-25-20-16(17)6-7-18(28-20)14-10-26-27-11-14/h1,3-4,6-7,9-12,19,22H,2,5,8H2,(H,25,28)(H,26,27)/t19-/m1/s1. The summed E-state index contributed by atoms with van der Waals surface area (Å²) >= 11 is 0. The summed E-state index contributed by atoms with van der Waals surface area (Å²) in [6.07, 6.45) is 6.70. The summed E-state index contributed by atoms with van der Waals surface area (Å²) in [4.78, 5) is 22.9. The van der Waals surface area contributed by atoms with Crippen LogP contribution < -0.4 is 4.74 Å². The predicted molar refractivity (Wildman–Crippen MR) is 110 cm³/mol. The third-order valence-electron chi connectivity index (χ3n) is 5.54. The summed E-state index contributed by atoms with van der Waals surface area (Å²) in [6.45, 7) is -2.29. The third-order valence-corrected chi connectivity index (χ3v) is 5.54. The summed E-state index contributed by atoms with van der Waals surface area (Å²) in [7, 11) is 0. The number of nitrogens with zero attached hydrogens (tertiary/aromatic N) is 3. The van der Waals surface area contributed by atoms with Crippen LogP contribution in [0.4, 0.5) is 8.78 Å². The number of aromatic amines is 2. The van der Waals surface area contributed by atoms with Crippen molar-refractivity contribution >= 4 is 16.9 Å². The number of aromatic nitrogens is 4. The first-order chi connectivity index (χ1) is 15.1. The molecular weight excluding hydrogens is 404 g/mol. The number of hydrogen-bond acceptors (Lipinski definition) is 4. The predicted octanol–water partition coefficient (Wildman–Crippen LogP) is 4.53. The molecule has 1 amide bonds. The molecule has 158 valence electrons. The molecule has 4 heterocycles. The Hall–Kier alpha value is -3.75. The highest BCUT2D eigenvalue weighted by Crippen LogP contribution is 2.35. The number of pyridine rings is 1. The first-order valence-corrected chi connectivity index (χ1v) is 9.93. The van der Waals surface area contributed by atoms with Crippen molar-refractivity contribution in [1.29, 1.82) is 0 Å². The van der Waals surface area contributed by atoms with Crippen LogP contribution in [0.1, 0.15) is 34.8 Å². The van der Waals surface area contributed by atoms with Gasteiger partial charge in [-0.3, -0.25) is 9.89 Å². The van der Waals surface area contributed by atoms with Crippen LogP contribution in [0.3, 0.4) is 0 Å². The van der Waals surface area contributed by atoms with Crippen molar-refractivity contribution in [2.45, 2.75) is 25.5 Å². The van der Waals surface area contributed by atoms with Crippen molar-refractivity contribution in [1.82, 2.24) is 25.1 Å². The van der Waals surface area contributed by atoms with Gasteiger partial charge in [-0.05, 0) is 42.7 Å². The molecule has 9 heteroatoms. The minimum absolute atomic E-state index is 0.0925. The molecule has 31 heavy (non-hydrogen) atoms. The second-order valence-corrected chi connectivity index (χ2v) is 7.39. The lowest BCUT2D eigenvalue weighted by molar-refractivity contribution is -0.0499. The number of benzene rings is 1. The largest absolute Gasteiger partial charge is 0.435 e. The van der Waals surface area contributed by atoms with Crippen molar-refractivity contribution < 1.29 is 18.3 Å². The Bertz CT molecular complexity index is 1220. The number of amides is 1. The van der Waals surface area contributed by atoms with Gasteiger partial charge in [-0.1, -0.05) is 12.1 Å². The van der Waals surface area contributed by atoms with Crippen LogP contribution in [0.2, 0.25) is 0 Å². The van der Waals surface area contributed by atoms with E-state index in [1.165, 1.54) is 6.07 Å². The first kappa shape index (κ1) is 19.2. The van der Waals surface area contributed by atoms with Gasteiger partial charge in [0.15, 0.2) is 0 Å². The summed E-state index contributed by atoms with van der Waals surface area (Å²) in [6, 6.07) is 10.1. The molecule has 0 spiro atoms. The molecule has 1 aliphatic heterocycles. The Morgan fingerprint density at radius 1 is 1.23 bits per heavy atom. The maximum absolute atomic E-state index is 13.4. The molecule has 5 rings (SSSR count). The molecule has 1 atom stereocenters. The van der Waals surface area contributed by atoms with E-state index in [4.69, 9.17) is 0 Å². The zero-order valence-electron chi connectivity index (χ0n) is 16.4. The lowest BCUT2D eigenvalue weighted by Gasteiger charge is -2.25. The second-order valence-electron chi connectivity index (χ2n) is 7.39. The number of likely N-dealkylation sites (tertiary alicyclic amines) is 1. The van der Waals surface area contributed by atoms with Gasteiger partial charge in [-0.2, -0.15) is 13.9 Å². The fraction of sp³-hybridized carbons (Fsp3) is 0.227. The van der Waals surface area contributed by atoms with E-state index in [1.807, 2.05) is 18.2 Å². The van der Waals surface area contributed by atoms with Gasteiger partial charge in [0.25, 0.3) is 5.91 Å². The number of nitrogens with one attached hydrogen (secondary N) is 2. The van der Waals surface area contributed by atoms with Crippen LogP contribution in [-0.2, 0) is 0 Å². The monoisotopic (exact) mass is 423 g/mol. The van der Waals surface area contributed by atoms with Crippen LogP contribution in [0.25, 0.3) is 22.3 Å². The van der Waals surface area contributed by atoms with Gasteiger partial charge in [-0.25, -0.2) is 4.98 Å². The Kier molecular flexibility index (Phi) is 4.85. The normalized spacial score (nSPS) is 16.4. The van der Waals surface area contributed by atoms with E-state index in [-0.39, 0.29) is 17.7 Å². The summed E-state index contributed by atoms with van der Waals surface area (Å²) < 4.78 is 29.7. The van der Waals surface area contributed by atoms with Crippen LogP contribution in [0.5, 0.6) is 5.75 Å². The van der Waals surface area contributed by atoms with E-state index < -0.39 is 6.61 Å². The molecule has 0 radical (unpaired) electrons. The summed E-state index contributed by atoms with van der Waals surface area (Å²) in [5.74, 6) is -0.0262. The molecule has 2 N–H and O–H groups in total. The van der Waals surface area contributed by atoms with Gasteiger partial charge in [0.1, 0.15) is 11.4 Å². The number of rotatable bonds is 5. The van der Waals surface area contributed by atoms with Gasteiger partial charge < -0.3 is 14.6 Å². The van der Waals surface area contributed by atoms with Crippen molar-refractivity contribution in [2.75, 3.05) is 6.54 Å². The number of ether oxygens (including phenoxy) is 1.